The maximum atomic E-state index is 10.6. The van der Waals surface area contributed by atoms with Gasteiger partial charge in [-0.2, -0.15) is 0 Å². The molecule has 6 nitrogen and oxygen atoms in total. The maximum absolute atomic E-state index is 10.6. The van der Waals surface area contributed by atoms with Crippen LogP contribution in [0.5, 0.6) is 11.5 Å². The van der Waals surface area contributed by atoms with Crippen molar-refractivity contribution < 1.29 is 24.1 Å². The highest BCUT2D eigenvalue weighted by atomic mass is 79.9. The molecule has 0 saturated heterocycles. The summed E-state index contributed by atoms with van der Waals surface area (Å²) >= 11 is 3.36. The van der Waals surface area contributed by atoms with E-state index in [4.69, 9.17) is 19.3 Å². The van der Waals surface area contributed by atoms with Gasteiger partial charge in [-0.05, 0) is 65.7 Å². The van der Waals surface area contributed by atoms with Gasteiger partial charge in [0.15, 0.2) is 12.7 Å². The normalized spacial score (nSPS) is 11.3. The summed E-state index contributed by atoms with van der Waals surface area (Å²) in [5.74, 6) is 0.126. The maximum Gasteiger partial charge on any atom is 0.341 e. The molecule has 1 N–H and O–H groups in total. The van der Waals surface area contributed by atoms with Crippen molar-refractivity contribution in [3.8, 4) is 11.5 Å². The molecule has 0 unspecified atom stereocenters. The third-order valence-corrected chi connectivity index (χ3v) is 3.76. The van der Waals surface area contributed by atoms with Crippen LogP contribution in [0.2, 0.25) is 0 Å². The molecule has 1 aromatic heterocycles. The second kappa shape index (κ2) is 11.2. The van der Waals surface area contributed by atoms with Crippen molar-refractivity contribution in [2.24, 2.45) is 0 Å². The number of aliphatic carboxylic acids is 1. The number of carboxylic acids is 1. The molecule has 142 valence electrons. The Morgan fingerprint density at radius 1 is 1.31 bits per heavy atom. The Morgan fingerprint density at radius 2 is 2.08 bits per heavy atom. The van der Waals surface area contributed by atoms with Gasteiger partial charge in [-0.25, -0.2) is 9.78 Å². The Kier molecular flexibility index (Phi) is 9.61. The Morgan fingerprint density at radius 3 is 2.69 bits per heavy atom. The summed E-state index contributed by atoms with van der Waals surface area (Å²) in [5, 5.41) is 8.70. The van der Waals surface area contributed by atoms with Gasteiger partial charge in [0.2, 0.25) is 0 Å². The minimum atomic E-state index is -1.02. The summed E-state index contributed by atoms with van der Waals surface area (Å²) in [5.41, 5.74) is 1.54. The first kappa shape index (κ1) is 22.4. The molecule has 2 rings (SSSR count). The van der Waals surface area contributed by atoms with E-state index in [2.05, 4.69) is 20.9 Å². The van der Waals surface area contributed by atoms with Gasteiger partial charge in [0.05, 0.1) is 12.3 Å². The van der Waals surface area contributed by atoms with Gasteiger partial charge < -0.3 is 19.3 Å². The number of halogens is 2. The highest BCUT2D eigenvalue weighted by Gasteiger charge is 2.16. The van der Waals surface area contributed by atoms with Crippen LogP contribution in [0.25, 0.3) is 0 Å². The molecule has 1 heterocycles. The summed E-state index contributed by atoms with van der Waals surface area (Å²) < 4.78 is 17.5. The van der Waals surface area contributed by atoms with E-state index in [9.17, 15) is 4.79 Å². The number of hydrogen-bond donors (Lipinski definition) is 1. The fourth-order valence-corrected chi connectivity index (χ4v) is 2.53. The monoisotopic (exact) mass is 489 g/mol. The largest absolute Gasteiger partial charge is 0.482 e. The number of hydrogen-bond acceptors (Lipinski definition) is 5. The van der Waals surface area contributed by atoms with Gasteiger partial charge in [0.1, 0.15) is 16.1 Å². The second-order valence-electron chi connectivity index (χ2n) is 5.26. The molecule has 0 fully saturated rings. The number of benzene rings is 1. The van der Waals surface area contributed by atoms with Crippen molar-refractivity contribution >= 4 is 38.9 Å². The predicted molar refractivity (Wildman–Crippen MR) is 106 cm³/mol. The zero-order valence-electron chi connectivity index (χ0n) is 14.5. The summed E-state index contributed by atoms with van der Waals surface area (Å²) in [7, 11) is 0. The van der Waals surface area contributed by atoms with Gasteiger partial charge >= 0.3 is 5.97 Å². The third kappa shape index (κ3) is 6.93. The lowest BCUT2D eigenvalue weighted by Gasteiger charge is -2.19. The van der Waals surface area contributed by atoms with Crippen LogP contribution < -0.4 is 9.47 Å². The zero-order valence-corrected chi connectivity index (χ0v) is 17.8. The standard InChI is InChI=1S/C18H20BrNO5.BrH/c1-3-23-10-16(14-5-4-6-17(19)20-14)25-13-7-8-15(12(2)9-13)24-11-18(21)22;/h4-9,16H,3,10-11H2,1-2H3,(H,21,22);1H/t16-;/m1./s1. The summed E-state index contributed by atoms with van der Waals surface area (Å²) in [6, 6.07) is 10.9. The summed E-state index contributed by atoms with van der Waals surface area (Å²) in [6.07, 6.45) is -0.359. The second-order valence-corrected chi connectivity index (χ2v) is 6.07. The quantitative estimate of drug-likeness (QED) is 0.526. The molecule has 0 bridgehead atoms. The molecule has 1 atom stereocenters. The fourth-order valence-electron chi connectivity index (χ4n) is 2.17. The molecular formula is C18H21Br2NO5. The molecule has 0 aliphatic rings. The highest BCUT2D eigenvalue weighted by molar-refractivity contribution is 9.10. The number of carbonyl (C=O) groups is 1. The van der Waals surface area contributed by atoms with Crippen LogP contribution in [-0.4, -0.2) is 35.9 Å². The molecule has 26 heavy (non-hydrogen) atoms. The van der Waals surface area contributed by atoms with Crippen LogP contribution in [0.3, 0.4) is 0 Å². The first-order chi connectivity index (χ1) is 12.0. The zero-order chi connectivity index (χ0) is 18.2. The molecule has 0 radical (unpaired) electrons. The van der Waals surface area contributed by atoms with Gasteiger partial charge in [-0.3, -0.25) is 0 Å². The Balaban J connectivity index is 0.00000338. The smallest absolute Gasteiger partial charge is 0.341 e. The van der Waals surface area contributed by atoms with E-state index >= 15 is 0 Å². The van der Waals surface area contributed by atoms with Gasteiger partial charge in [0.25, 0.3) is 0 Å². The van der Waals surface area contributed by atoms with Crippen molar-refractivity contribution in [1.29, 1.82) is 0 Å². The van der Waals surface area contributed by atoms with E-state index in [0.717, 1.165) is 15.9 Å². The number of rotatable bonds is 9. The predicted octanol–water partition coefficient (Wildman–Crippen LogP) is 4.35. The van der Waals surface area contributed by atoms with Crippen molar-refractivity contribution in [2.45, 2.75) is 20.0 Å². The Labute approximate surface area is 171 Å². The number of aromatic nitrogens is 1. The number of aryl methyl sites for hydroxylation is 1. The SMILES string of the molecule is Br.CCOC[C@@H](Oc1ccc(OCC(=O)O)c(C)c1)c1cccc(Br)n1. The average Bonchev–Trinajstić information content (AvgIpc) is 2.57. The van der Waals surface area contributed by atoms with E-state index in [1.807, 2.05) is 32.0 Å². The first-order valence-corrected chi connectivity index (χ1v) is 8.61. The molecule has 0 aliphatic heterocycles. The van der Waals surface area contributed by atoms with E-state index in [-0.39, 0.29) is 29.7 Å². The van der Waals surface area contributed by atoms with E-state index in [1.54, 1.807) is 18.2 Å². The minimum Gasteiger partial charge on any atom is -0.482 e. The molecule has 0 amide bonds. The first-order valence-electron chi connectivity index (χ1n) is 7.81. The molecule has 2 aromatic rings. The third-order valence-electron chi connectivity index (χ3n) is 3.32. The lowest BCUT2D eigenvalue weighted by Crippen LogP contribution is -2.16. The van der Waals surface area contributed by atoms with Crippen molar-refractivity contribution in [2.75, 3.05) is 19.8 Å². The summed E-state index contributed by atoms with van der Waals surface area (Å²) in [6.45, 7) is 4.32. The van der Waals surface area contributed by atoms with Crippen LogP contribution in [0, 0.1) is 6.92 Å². The topological polar surface area (TPSA) is 77.9 Å². The van der Waals surface area contributed by atoms with Gasteiger partial charge in [0, 0.05) is 6.61 Å². The van der Waals surface area contributed by atoms with Crippen LogP contribution in [-0.2, 0) is 9.53 Å². The number of carboxylic acid groups (broad SMARTS) is 1. The van der Waals surface area contributed by atoms with Crippen LogP contribution in [0.15, 0.2) is 41.0 Å². The molecule has 0 aliphatic carbocycles. The van der Waals surface area contributed by atoms with Crippen molar-refractivity contribution in [3.05, 3.63) is 52.3 Å². The number of nitrogens with zero attached hydrogens (tertiary/aromatic N) is 1. The minimum absolute atomic E-state index is 0. The average molecular weight is 491 g/mol. The van der Waals surface area contributed by atoms with E-state index in [0.29, 0.717) is 24.7 Å². The van der Waals surface area contributed by atoms with Crippen LogP contribution in [0.1, 0.15) is 24.3 Å². The van der Waals surface area contributed by atoms with Gasteiger partial charge in [-0.15, -0.1) is 17.0 Å². The van der Waals surface area contributed by atoms with Crippen LogP contribution in [0.4, 0.5) is 0 Å². The van der Waals surface area contributed by atoms with E-state index in [1.165, 1.54) is 0 Å². The molecule has 0 saturated carbocycles. The number of pyridine rings is 1. The Hall–Kier alpha value is -1.64. The van der Waals surface area contributed by atoms with Gasteiger partial charge in [-0.1, -0.05) is 6.07 Å². The van der Waals surface area contributed by atoms with Crippen molar-refractivity contribution in [3.63, 3.8) is 0 Å². The summed E-state index contributed by atoms with van der Waals surface area (Å²) in [4.78, 5) is 15.0. The molecule has 0 spiro atoms. The van der Waals surface area contributed by atoms with E-state index < -0.39 is 5.97 Å². The highest BCUT2D eigenvalue weighted by Crippen LogP contribution is 2.27. The fraction of sp³-hybridized carbons (Fsp3) is 0.333. The lowest BCUT2D eigenvalue weighted by molar-refractivity contribution is -0.139. The molecular weight excluding hydrogens is 470 g/mol. The van der Waals surface area contributed by atoms with Crippen LogP contribution >= 0.6 is 32.9 Å². The Bertz CT molecular complexity index is 726. The number of ether oxygens (including phenoxy) is 3. The molecule has 1 aromatic carbocycles. The lowest BCUT2D eigenvalue weighted by atomic mass is 10.2. The molecule has 8 heteroatoms. The van der Waals surface area contributed by atoms with Crippen molar-refractivity contribution in [1.82, 2.24) is 4.98 Å².